The predicted octanol–water partition coefficient (Wildman–Crippen LogP) is 2.76. The molecule has 0 aromatic rings. The molecule has 13 heavy (non-hydrogen) atoms. The molecular weight excluding hydrogens is 164 g/mol. The van der Waals surface area contributed by atoms with Crippen molar-refractivity contribution in [3.05, 3.63) is 0 Å². The lowest BCUT2D eigenvalue weighted by atomic mass is 9.84. The predicted molar refractivity (Wildman–Crippen MR) is 53.9 cm³/mol. The summed E-state index contributed by atoms with van der Waals surface area (Å²) in [6.45, 7) is 14.6. The van der Waals surface area contributed by atoms with Crippen LogP contribution in [0.2, 0.25) is 0 Å². The van der Waals surface area contributed by atoms with E-state index in [0.717, 1.165) is 0 Å². The number of rotatable bonds is 0. The molecule has 78 valence electrons. The van der Waals surface area contributed by atoms with Crippen LogP contribution in [0.25, 0.3) is 0 Å². The van der Waals surface area contributed by atoms with Crippen LogP contribution in [0, 0.1) is 0 Å². The molecule has 1 atom stereocenters. The van der Waals surface area contributed by atoms with Crippen LogP contribution < -0.4 is 0 Å². The lowest BCUT2D eigenvalue weighted by Crippen LogP contribution is -2.63. The molecular formula is C11H22O2. The van der Waals surface area contributed by atoms with E-state index in [0.29, 0.717) is 0 Å². The summed E-state index contributed by atoms with van der Waals surface area (Å²) in [7, 11) is 0. The van der Waals surface area contributed by atoms with Gasteiger partial charge >= 0.3 is 0 Å². The Bertz CT molecular complexity index is 204. The highest BCUT2D eigenvalue weighted by Crippen LogP contribution is 2.41. The Morgan fingerprint density at radius 3 is 1.69 bits per heavy atom. The minimum absolute atomic E-state index is 0.135. The summed E-state index contributed by atoms with van der Waals surface area (Å²) in [5.41, 5.74) is -0.649. The molecule has 1 fully saturated rings. The van der Waals surface area contributed by atoms with Crippen molar-refractivity contribution in [2.45, 2.75) is 71.4 Å². The molecule has 2 heteroatoms. The summed E-state index contributed by atoms with van der Waals surface area (Å²) in [5, 5.41) is 0. The molecule has 0 N–H and O–H groups in total. The van der Waals surface area contributed by atoms with Crippen molar-refractivity contribution in [2.75, 3.05) is 0 Å². The van der Waals surface area contributed by atoms with Crippen molar-refractivity contribution in [3.63, 3.8) is 0 Å². The van der Waals surface area contributed by atoms with Gasteiger partial charge < -0.3 is 9.47 Å². The van der Waals surface area contributed by atoms with E-state index < -0.39 is 0 Å². The zero-order chi connectivity index (χ0) is 10.5. The maximum Gasteiger partial charge on any atom is 0.0918 e. The second kappa shape index (κ2) is 2.71. The number of hydrogen-bond donors (Lipinski definition) is 0. The standard InChI is InChI=1S/C11H22O2/c1-8-9(2,3)13-11(6,7)10(4,5)12-8/h8H,1-7H3. The van der Waals surface area contributed by atoms with Gasteiger partial charge in [0.15, 0.2) is 0 Å². The van der Waals surface area contributed by atoms with Gasteiger partial charge in [0.25, 0.3) is 0 Å². The molecule has 0 aromatic heterocycles. The molecule has 1 heterocycles. The van der Waals surface area contributed by atoms with Crippen LogP contribution in [0.4, 0.5) is 0 Å². The minimum atomic E-state index is -0.233. The van der Waals surface area contributed by atoms with Gasteiger partial charge in [0, 0.05) is 0 Å². The molecule has 1 saturated heterocycles. The van der Waals surface area contributed by atoms with Crippen LogP contribution >= 0.6 is 0 Å². The molecule has 0 amide bonds. The largest absolute Gasteiger partial charge is 0.367 e. The minimum Gasteiger partial charge on any atom is -0.367 e. The van der Waals surface area contributed by atoms with Crippen LogP contribution in [0.1, 0.15) is 48.5 Å². The first-order valence-corrected chi connectivity index (χ1v) is 4.96. The Morgan fingerprint density at radius 2 is 1.31 bits per heavy atom. The molecule has 0 spiro atoms. The summed E-state index contributed by atoms with van der Waals surface area (Å²) in [6, 6.07) is 0. The second-order valence-corrected chi connectivity index (χ2v) is 5.49. The molecule has 0 aliphatic carbocycles. The van der Waals surface area contributed by atoms with E-state index in [4.69, 9.17) is 9.47 Å². The average Bonchev–Trinajstić information content (AvgIpc) is 1.80. The van der Waals surface area contributed by atoms with Crippen molar-refractivity contribution in [1.29, 1.82) is 0 Å². The van der Waals surface area contributed by atoms with Crippen LogP contribution in [0.15, 0.2) is 0 Å². The number of ether oxygens (including phenoxy) is 2. The van der Waals surface area contributed by atoms with Gasteiger partial charge in [-0.3, -0.25) is 0 Å². The van der Waals surface area contributed by atoms with E-state index in [9.17, 15) is 0 Å². The van der Waals surface area contributed by atoms with E-state index >= 15 is 0 Å². The zero-order valence-corrected chi connectivity index (χ0v) is 9.89. The lowest BCUT2D eigenvalue weighted by molar-refractivity contribution is -0.320. The Labute approximate surface area is 81.6 Å². The molecule has 0 saturated carbocycles. The first-order valence-electron chi connectivity index (χ1n) is 4.96. The van der Waals surface area contributed by atoms with E-state index in [2.05, 4.69) is 48.5 Å². The van der Waals surface area contributed by atoms with E-state index in [1.807, 2.05) is 0 Å². The van der Waals surface area contributed by atoms with E-state index in [-0.39, 0.29) is 22.9 Å². The fraction of sp³-hybridized carbons (Fsp3) is 1.00. The quantitative estimate of drug-likeness (QED) is 0.579. The van der Waals surface area contributed by atoms with Crippen molar-refractivity contribution in [2.24, 2.45) is 0 Å². The van der Waals surface area contributed by atoms with Gasteiger partial charge in [-0.05, 0) is 48.5 Å². The molecule has 1 aliphatic heterocycles. The van der Waals surface area contributed by atoms with Crippen molar-refractivity contribution >= 4 is 0 Å². The molecule has 0 aromatic carbocycles. The maximum absolute atomic E-state index is 6.06. The molecule has 2 nitrogen and oxygen atoms in total. The first kappa shape index (κ1) is 11.0. The highest BCUT2D eigenvalue weighted by Gasteiger charge is 2.51. The monoisotopic (exact) mass is 186 g/mol. The highest BCUT2D eigenvalue weighted by atomic mass is 16.6. The third-order valence-electron chi connectivity index (χ3n) is 3.42. The molecule has 0 bridgehead atoms. The summed E-state index contributed by atoms with van der Waals surface area (Å²) in [5.74, 6) is 0. The Balaban J connectivity index is 2.93. The number of hydrogen-bond acceptors (Lipinski definition) is 2. The second-order valence-electron chi connectivity index (χ2n) is 5.49. The normalized spacial score (nSPS) is 35.8. The van der Waals surface area contributed by atoms with Crippen molar-refractivity contribution < 1.29 is 9.47 Å². The van der Waals surface area contributed by atoms with Crippen molar-refractivity contribution in [1.82, 2.24) is 0 Å². The van der Waals surface area contributed by atoms with Crippen LogP contribution in [-0.2, 0) is 9.47 Å². The smallest absolute Gasteiger partial charge is 0.0918 e. The van der Waals surface area contributed by atoms with Crippen LogP contribution in [-0.4, -0.2) is 22.9 Å². The zero-order valence-electron chi connectivity index (χ0n) is 9.89. The highest BCUT2D eigenvalue weighted by molar-refractivity contribution is 4.98. The van der Waals surface area contributed by atoms with Crippen LogP contribution in [0.5, 0.6) is 0 Å². The molecule has 1 aliphatic rings. The van der Waals surface area contributed by atoms with Crippen LogP contribution in [0.3, 0.4) is 0 Å². The summed E-state index contributed by atoms with van der Waals surface area (Å²) in [4.78, 5) is 0. The SMILES string of the molecule is CC1OC(C)(C)C(C)(C)OC1(C)C. The lowest BCUT2D eigenvalue weighted by Gasteiger charge is -2.54. The van der Waals surface area contributed by atoms with Gasteiger partial charge in [-0.1, -0.05) is 0 Å². The van der Waals surface area contributed by atoms with E-state index in [1.54, 1.807) is 0 Å². The summed E-state index contributed by atoms with van der Waals surface area (Å²) in [6.07, 6.45) is 0.135. The van der Waals surface area contributed by atoms with Gasteiger partial charge in [-0.15, -0.1) is 0 Å². The molecule has 1 rings (SSSR count). The molecule has 1 unspecified atom stereocenters. The third-order valence-corrected chi connectivity index (χ3v) is 3.42. The Morgan fingerprint density at radius 1 is 0.846 bits per heavy atom. The molecule has 0 radical (unpaired) electrons. The van der Waals surface area contributed by atoms with E-state index in [1.165, 1.54) is 0 Å². The van der Waals surface area contributed by atoms with Crippen molar-refractivity contribution in [3.8, 4) is 0 Å². The summed E-state index contributed by atoms with van der Waals surface area (Å²) >= 11 is 0. The fourth-order valence-corrected chi connectivity index (χ4v) is 1.59. The van der Waals surface area contributed by atoms with Gasteiger partial charge in [0.1, 0.15) is 0 Å². The topological polar surface area (TPSA) is 18.5 Å². The van der Waals surface area contributed by atoms with Gasteiger partial charge in [-0.25, -0.2) is 0 Å². The maximum atomic E-state index is 6.06. The average molecular weight is 186 g/mol. The first-order chi connectivity index (χ1) is 5.58. The Kier molecular flexibility index (Phi) is 2.29. The van der Waals surface area contributed by atoms with Gasteiger partial charge in [-0.2, -0.15) is 0 Å². The van der Waals surface area contributed by atoms with Gasteiger partial charge in [0.2, 0.25) is 0 Å². The van der Waals surface area contributed by atoms with Gasteiger partial charge in [0.05, 0.1) is 22.9 Å². The third kappa shape index (κ3) is 1.75. The Hall–Kier alpha value is -0.0800. The fourth-order valence-electron chi connectivity index (χ4n) is 1.59. The summed E-state index contributed by atoms with van der Waals surface area (Å²) < 4.78 is 12.0.